The largest absolute Gasteiger partial charge is 0.455 e. The molecule has 0 unspecified atom stereocenters. The quantitative estimate of drug-likeness (QED) is 0.524. The van der Waals surface area contributed by atoms with Crippen LogP contribution < -0.4 is 0 Å². The van der Waals surface area contributed by atoms with E-state index in [-0.39, 0.29) is 0 Å². The first-order valence-electron chi connectivity index (χ1n) is 7.79. The van der Waals surface area contributed by atoms with E-state index in [4.69, 9.17) is 4.12 Å². The van der Waals surface area contributed by atoms with Crippen LogP contribution in [0.2, 0.25) is 36.3 Å². The molecule has 0 rings (SSSR count). The van der Waals surface area contributed by atoms with Crippen LogP contribution >= 0.6 is 0 Å². The van der Waals surface area contributed by atoms with Crippen LogP contribution in [-0.2, 0) is 4.12 Å². The van der Waals surface area contributed by atoms with Crippen molar-refractivity contribution >= 4 is 16.6 Å². The van der Waals surface area contributed by atoms with Crippen molar-refractivity contribution < 1.29 is 4.12 Å². The van der Waals surface area contributed by atoms with Crippen molar-refractivity contribution in [1.29, 1.82) is 0 Å². The van der Waals surface area contributed by atoms with E-state index < -0.39 is 16.6 Å². The van der Waals surface area contributed by atoms with Crippen molar-refractivity contribution in [3.8, 4) is 0 Å². The highest BCUT2D eigenvalue weighted by Gasteiger charge is 2.51. The van der Waals surface area contributed by atoms with Gasteiger partial charge in [-0.05, 0) is 48.1 Å². The lowest BCUT2D eigenvalue weighted by Gasteiger charge is -2.52. The summed E-state index contributed by atoms with van der Waals surface area (Å²) >= 11 is 0. The molecule has 0 fully saturated rings. The molecule has 116 valence electrons. The van der Waals surface area contributed by atoms with E-state index in [1.807, 2.05) is 0 Å². The predicted molar refractivity (Wildman–Crippen MR) is 93.8 cm³/mol. The van der Waals surface area contributed by atoms with Gasteiger partial charge in [0.1, 0.15) is 0 Å². The summed E-state index contributed by atoms with van der Waals surface area (Å²) in [6.07, 6.45) is 0. The molecule has 0 atom stereocenters. The fraction of sp³-hybridized carbons (Fsp3) is 1.00. The van der Waals surface area contributed by atoms with Crippen molar-refractivity contribution in [3.05, 3.63) is 0 Å². The smallest absolute Gasteiger partial charge is 0.179 e. The monoisotopic (exact) mass is 302 g/mol. The third-order valence-corrected chi connectivity index (χ3v) is 17.9. The minimum atomic E-state index is -1.72. The fourth-order valence-corrected chi connectivity index (χ4v) is 12.3. The molecule has 0 saturated carbocycles. The predicted octanol–water partition coefficient (Wildman–Crippen LogP) is 6.29. The Kier molecular flexibility index (Phi) is 5.76. The number of hydrogen-bond donors (Lipinski definition) is 0. The zero-order valence-corrected chi connectivity index (χ0v) is 17.6. The molecule has 0 amide bonds. The Morgan fingerprint density at radius 2 is 0.842 bits per heavy atom. The van der Waals surface area contributed by atoms with Crippen molar-refractivity contribution in [2.45, 2.75) is 91.7 Å². The molecule has 0 radical (unpaired) electrons. The SMILES string of the molecule is CC(C)C(C)(C)[Si](C)(C)O[Si](C)(C)C(C)(C)C(C)C. The lowest BCUT2D eigenvalue weighted by atomic mass is 9.99. The van der Waals surface area contributed by atoms with Gasteiger partial charge in [-0.2, -0.15) is 0 Å². The summed E-state index contributed by atoms with van der Waals surface area (Å²) < 4.78 is 6.96. The average molecular weight is 303 g/mol. The van der Waals surface area contributed by atoms with E-state index in [0.29, 0.717) is 21.9 Å². The minimum Gasteiger partial charge on any atom is -0.455 e. The minimum absolute atomic E-state index is 0.310. The van der Waals surface area contributed by atoms with Crippen LogP contribution in [0.5, 0.6) is 0 Å². The van der Waals surface area contributed by atoms with Gasteiger partial charge in [-0.25, -0.2) is 0 Å². The molecular weight excluding hydrogens is 264 g/mol. The van der Waals surface area contributed by atoms with Gasteiger partial charge in [0.25, 0.3) is 0 Å². The van der Waals surface area contributed by atoms with Gasteiger partial charge in [-0.1, -0.05) is 55.4 Å². The highest BCUT2D eigenvalue weighted by molar-refractivity contribution is 6.87. The Morgan fingerprint density at radius 3 is 1.00 bits per heavy atom. The Bertz CT molecular complexity index is 272. The van der Waals surface area contributed by atoms with E-state index in [9.17, 15) is 0 Å². The topological polar surface area (TPSA) is 9.23 Å². The van der Waals surface area contributed by atoms with Crippen LogP contribution in [0.15, 0.2) is 0 Å². The molecule has 0 aromatic carbocycles. The van der Waals surface area contributed by atoms with Gasteiger partial charge in [0.15, 0.2) is 16.6 Å². The number of rotatable bonds is 6. The second-order valence-electron chi connectivity index (χ2n) is 8.88. The van der Waals surface area contributed by atoms with Gasteiger partial charge >= 0.3 is 0 Å². The molecular formula is C16H38OSi2. The van der Waals surface area contributed by atoms with Crippen molar-refractivity contribution in [2.24, 2.45) is 11.8 Å². The average Bonchev–Trinajstić information content (AvgIpc) is 2.14. The summed E-state index contributed by atoms with van der Waals surface area (Å²) in [5.41, 5.74) is 0. The Hall–Kier alpha value is 0.394. The van der Waals surface area contributed by atoms with Gasteiger partial charge in [0, 0.05) is 0 Å². The summed E-state index contributed by atoms with van der Waals surface area (Å²) in [6, 6.07) is 0. The summed E-state index contributed by atoms with van der Waals surface area (Å²) in [5, 5.41) is 0.620. The Labute approximate surface area is 124 Å². The van der Waals surface area contributed by atoms with E-state index in [0.717, 1.165) is 0 Å². The molecule has 0 aromatic heterocycles. The summed E-state index contributed by atoms with van der Waals surface area (Å²) in [7, 11) is -3.45. The zero-order valence-electron chi connectivity index (χ0n) is 15.6. The highest BCUT2D eigenvalue weighted by atomic mass is 28.4. The van der Waals surface area contributed by atoms with Gasteiger partial charge in [-0.15, -0.1) is 0 Å². The fourth-order valence-electron chi connectivity index (χ4n) is 2.29. The van der Waals surface area contributed by atoms with Gasteiger partial charge in [0.05, 0.1) is 0 Å². The lowest BCUT2D eigenvalue weighted by molar-refractivity contribution is 0.351. The van der Waals surface area contributed by atoms with Crippen LogP contribution in [0.3, 0.4) is 0 Å². The molecule has 0 aliphatic heterocycles. The van der Waals surface area contributed by atoms with Crippen molar-refractivity contribution in [2.75, 3.05) is 0 Å². The normalized spacial score (nSPS) is 15.5. The van der Waals surface area contributed by atoms with Gasteiger partial charge < -0.3 is 4.12 Å². The van der Waals surface area contributed by atoms with Crippen molar-refractivity contribution in [1.82, 2.24) is 0 Å². The van der Waals surface area contributed by atoms with Crippen LogP contribution in [0.1, 0.15) is 55.4 Å². The van der Waals surface area contributed by atoms with Crippen LogP contribution in [0.4, 0.5) is 0 Å². The first kappa shape index (κ1) is 19.4. The molecule has 0 aliphatic carbocycles. The van der Waals surface area contributed by atoms with Gasteiger partial charge in [0.2, 0.25) is 0 Å². The first-order valence-corrected chi connectivity index (χ1v) is 13.6. The standard InChI is InChI=1S/C16H38OSi2/c1-13(2)15(5,6)18(9,10)17-19(11,12)16(7,8)14(3)4/h13-14H,1-12H3. The number of hydrogen-bond acceptors (Lipinski definition) is 1. The second kappa shape index (κ2) is 5.65. The molecule has 3 heteroatoms. The van der Waals surface area contributed by atoms with Crippen LogP contribution in [0.25, 0.3) is 0 Å². The zero-order chi connectivity index (χ0) is 15.9. The molecule has 1 nitrogen and oxygen atoms in total. The molecule has 0 aromatic rings. The molecule has 19 heavy (non-hydrogen) atoms. The summed E-state index contributed by atoms with van der Waals surface area (Å²) in [6.45, 7) is 28.6. The van der Waals surface area contributed by atoms with E-state index in [1.165, 1.54) is 0 Å². The third kappa shape index (κ3) is 3.73. The summed E-state index contributed by atoms with van der Waals surface area (Å²) in [4.78, 5) is 0. The van der Waals surface area contributed by atoms with Gasteiger partial charge in [-0.3, -0.25) is 0 Å². The highest BCUT2D eigenvalue weighted by Crippen LogP contribution is 2.51. The van der Waals surface area contributed by atoms with Crippen molar-refractivity contribution in [3.63, 3.8) is 0 Å². The molecule has 0 aliphatic rings. The second-order valence-corrected chi connectivity index (χ2v) is 18.3. The van der Waals surface area contributed by atoms with E-state index in [2.05, 4.69) is 81.6 Å². The van der Waals surface area contributed by atoms with Crippen LogP contribution in [-0.4, -0.2) is 16.6 Å². The molecule has 0 N–H and O–H groups in total. The Morgan fingerprint density at radius 1 is 0.632 bits per heavy atom. The lowest BCUT2D eigenvalue weighted by Crippen LogP contribution is -2.57. The Balaban J connectivity index is 5.34. The first-order chi connectivity index (χ1) is 8.09. The molecule has 0 spiro atoms. The summed E-state index contributed by atoms with van der Waals surface area (Å²) in [5.74, 6) is 1.34. The third-order valence-electron chi connectivity index (χ3n) is 6.50. The maximum absolute atomic E-state index is 6.96. The van der Waals surface area contributed by atoms with E-state index >= 15 is 0 Å². The molecule has 0 bridgehead atoms. The maximum Gasteiger partial charge on any atom is 0.179 e. The van der Waals surface area contributed by atoms with E-state index in [1.54, 1.807) is 0 Å². The van der Waals surface area contributed by atoms with Crippen LogP contribution in [0, 0.1) is 11.8 Å². The molecule has 0 saturated heterocycles. The molecule has 0 heterocycles. The maximum atomic E-state index is 6.96.